The van der Waals surface area contributed by atoms with E-state index in [4.69, 9.17) is 9.47 Å². The van der Waals surface area contributed by atoms with Crippen LogP contribution in [0.3, 0.4) is 0 Å². The Bertz CT molecular complexity index is 445. The van der Waals surface area contributed by atoms with Gasteiger partial charge in [0.2, 0.25) is 0 Å². The molecule has 1 N–H and O–H groups in total. The van der Waals surface area contributed by atoms with E-state index in [9.17, 15) is 0 Å². The normalized spacial score (nSPS) is 25.6. The molecule has 0 saturated heterocycles. The van der Waals surface area contributed by atoms with Crippen LogP contribution in [0.15, 0.2) is 18.2 Å². The second-order valence-electron chi connectivity index (χ2n) is 5.89. The highest BCUT2D eigenvalue weighted by molar-refractivity contribution is 5.38. The molecule has 0 aliphatic heterocycles. The summed E-state index contributed by atoms with van der Waals surface area (Å²) >= 11 is 0. The molecule has 1 aromatic carbocycles. The SMILES string of the molecule is CCOC1C(NC)CC1Oc1cc(C(C)C)ccc1C. The largest absolute Gasteiger partial charge is 0.487 e. The van der Waals surface area contributed by atoms with E-state index in [1.54, 1.807) is 0 Å². The first-order valence-corrected chi connectivity index (χ1v) is 7.62. The highest BCUT2D eigenvalue weighted by Crippen LogP contribution is 2.32. The summed E-state index contributed by atoms with van der Waals surface area (Å²) in [4.78, 5) is 0. The van der Waals surface area contributed by atoms with E-state index in [1.807, 2.05) is 14.0 Å². The Morgan fingerprint density at radius 2 is 2.10 bits per heavy atom. The van der Waals surface area contributed by atoms with Crippen LogP contribution >= 0.6 is 0 Å². The van der Waals surface area contributed by atoms with Crippen molar-refractivity contribution in [2.24, 2.45) is 0 Å². The van der Waals surface area contributed by atoms with Crippen molar-refractivity contribution in [1.29, 1.82) is 0 Å². The van der Waals surface area contributed by atoms with E-state index in [-0.39, 0.29) is 12.2 Å². The van der Waals surface area contributed by atoms with Crippen molar-refractivity contribution < 1.29 is 9.47 Å². The first kappa shape index (κ1) is 15.3. The molecule has 1 aliphatic rings. The predicted molar refractivity (Wildman–Crippen MR) is 82.6 cm³/mol. The predicted octanol–water partition coefficient (Wildman–Crippen LogP) is 3.26. The zero-order valence-electron chi connectivity index (χ0n) is 13.3. The Kier molecular flexibility index (Phi) is 5.06. The van der Waals surface area contributed by atoms with E-state index >= 15 is 0 Å². The van der Waals surface area contributed by atoms with Gasteiger partial charge in [-0.2, -0.15) is 0 Å². The molecule has 1 aliphatic carbocycles. The Balaban J connectivity index is 2.08. The van der Waals surface area contributed by atoms with E-state index in [0.717, 1.165) is 18.8 Å². The van der Waals surface area contributed by atoms with E-state index < -0.39 is 0 Å². The summed E-state index contributed by atoms with van der Waals surface area (Å²) in [7, 11) is 1.98. The van der Waals surface area contributed by atoms with Gasteiger partial charge in [-0.3, -0.25) is 0 Å². The third-order valence-corrected chi connectivity index (χ3v) is 4.14. The number of benzene rings is 1. The summed E-state index contributed by atoms with van der Waals surface area (Å²) < 4.78 is 12.0. The summed E-state index contributed by atoms with van der Waals surface area (Å²) in [5.74, 6) is 1.52. The second-order valence-corrected chi connectivity index (χ2v) is 5.89. The average molecular weight is 277 g/mol. The number of nitrogens with one attached hydrogen (secondary N) is 1. The molecule has 2 rings (SSSR count). The Hall–Kier alpha value is -1.06. The monoisotopic (exact) mass is 277 g/mol. The molecule has 3 heteroatoms. The van der Waals surface area contributed by atoms with E-state index in [0.29, 0.717) is 12.0 Å². The molecule has 0 heterocycles. The lowest BCUT2D eigenvalue weighted by molar-refractivity contribution is -0.103. The number of hydrogen-bond acceptors (Lipinski definition) is 3. The molecule has 0 spiro atoms. The van der Waals surface area contributed by atoms with Gasteiger partial charge in [0, 0.05) is 19.1 Å². The lowest BCUT2D eigenvalue weighted by Gasteiger charge is -2.43. The van der Waals surface area contributed by atoms with Gasteiger partial charge in [-0.05, 0) is 44.0 Å². The van der Waals surface area contributed by atoms with Crippen LogP contribution in [-0.2, 0) is 4.74 Å². The Morgan fingerprint density at radius 3 is 2.70 bits per heavy atom. The summed E-state index contributed by atoms with van der Waals surface area (Å²) in [6, 6.07) is 6.92. The molecule has 0 aromatic heterocycles. The van der Waals surface area contributed by atoms with Crippen LogP contribution in [0, 0.1) is 6.92 Å². The van der Waals surface area contributed by atoms with E-state index in [2.05, 4.69) is 44.3 Å². The molecule has 0 bridgehead atoms. The second kappa shape index (κ2) is 6.59. The first-order chi connectivity index (χ1) is 9.56. The fraction of sp³-hybridized carbons (Fsp3) is 0.647. The number of hydrogen-bond donors (Lipinski definition) is 1. The van der Waals surface area contributed by atoms with Crippen molar-refractivity contribution in [2.75, 3.05) is 13.7 Å². The molecule has 20 heavy (non-hydrogen) atoms. The van der Waals surface area contributed by atoms with Gasteiger partial charge in [-0.25, -0.2) is 0 Å². The molecular formula is C17H27NO2. The molecule has 0 radical (unpaired) electrons. The van der Waals surface area contributed by atoms with E-state index in [1.165, 1.54) is 11.1 Å². The lowest BCUT2D eigenvalue weighted by atomic mass is 9.85. The Labute approximate surface area is 122 Å². The zero-order chi connectivity index (χ0) is 14.7. The summed E-state index contributed by atoms with van der Waals surface area (Å²) in [5, 5.41) is 3.29. The van der Waals surface area contributed by atoms with Gasteiger partial charge in [0.1, 0.15) is 18.0 Å². The van der Waals surface area contributed by atoms with Gasteiger partial charge in [-0.1, -0.05) is 26.0 Å². The van der Waals surface area contributed by atoms with Gasteiger partial charge >= 0.3 is 0 Å². The van der Waals surface area contributed by atoms with Crippen LogP contribution in [0.2, 0.25) is 0 Å². The zero-order valence-corrected chi connectivity index (χ0v) is 13.3. The fourth-order valence-electron chi connectivity index (χ4n) is 2.66. The summed E-state index contributed by atoms with van der Waals surface area (Å²) in [6.45, 7) is 9.28. The summed E-state index contributed by atoms with van der Waals surface area (Å²) in [5.41, 5.74) is 2.51. The van der Waals surface area contributed by atoms with Crippen molar-refractivity contribution in [3.05, 3.63) is 29.3 Å². The van der Waals surface area contributed by atoms with Crippen molar-refractivity contribution in [2.45, 2.75) is 58.3 Å². The van der Waals surface area contributed by atoms with Crippen LogP contribution in [0.25, 0.3) is 0 Å². The van der Waals surface area contributed by atoms with Crippen molar-refractivity contribution in [3.8, 4) is 5.75 Å². The molecule has 1 aromatic rings. The highest BCUT2D eigenvalue weighted by atomic mass is 16.5. The van der Waals surface area contributed by atoms with Crippen LogP contribution in [0.1, 0.15) is 44.2 Å². The minimum absolute atomic E-state index is 0.159. The van der Waals surface area contributed by atoms with Gasteiger partial charge in [0.05, 0.1) is 0 Å². The van der Waals surface area contributed by atoms with Crippen LogP contribution in [0.5, 0.6) is 5.75 Å². The maximum atomic E-state index is 6.20. The fourth-order valence-corrected chi connectivity index (χ4v) is 2.66. The number of rotatable bonds is 6. The van der Waals surface area contributed by atoms with Gasteiger partial charge in [0.25, 0.3) is 0 Å². The van der Waals surface area contributed by atoms with Crippen LogP contribution in [0.4, 0.5) is 0 Å². The molecular weight excluding hydrogens is 250 g/mol. The molecule has 3 atom stereocenters. The number of aryl methyl sites for hydroxylation is 1. The van der Waals surface area contributed by atoms with Crippen molar-refractivity contribution in [1.82, 2.24) is 5.32 Å². The molecule has 3 nitrogen and oxygen atoms in total. The molecule has 1 fully saturated rings. The quantitative estimate of drug-likeness (QED) is 0.865. The maximum Gasteiger partial charge on any atom is 0.128 e. The topological polar surface area (TPSA) is 30.5 Å². The lowest BCUT2D eigenvalue weighted by Crippen LogP contribution is -2.60. The average Bonchev–Trinajstić information content (AvgIpc) is 2.41. The molecule has 0 amide bonds. The highest BCUT2D eigenvalue weighted by Gasteiger charge is 2.43. The van der Waals surface area contributed by atoms with Crippen molar-refractivity contribution in [3.63, 3.8) is 0 Å². The third kappa shape index (κ3) is 3.15. The molecule has 1 saturated carbocycles. The van der Waals surface area contributed by atoms with Crippen LogP contribution in [-0.4, -0.2) is 31.9 Å². The minimum atomic E-state index is 0.159. The number of likely N-dealkylation sites (N-methyl/N-ethyl adjacent to an activating group) is 1. The minimum Gasteiger partial charge on any atom is -0.487 e. The maximum absolute atomic E-state index is 6.20. The third-order valence-electron chi connectivity index (χ3n) is 4.14. The van der Waals surface area contributed by atoms with Crippen LogP contribution < -0.4 is 10.1 Å². The van der Waals surface area contributed by atoms with Crippen molar-refractivity contribution >= 4 is 0 Å². The number of ether oxygens (including phenoxy) is 2. The standard InChI is InChI=1S/C17H27NO2/c1-6-19-17-14(18-5)10-16(17)20-15-9-13(11(2)3)8-7-12(15)4/h7-9,11,14,16-18H,6,10H2,1-5H3. The van der Waals surface area contributed by atoms with Gasteiger partial charge in [-0.15, -0.1) is 0 Å². The molecule has 3 unspecified atom stereocenters. The first-order valence-electron chi connectivity index (χ1n) is 7.62. The van der Waals surface area contributed by atoms with Gasteiger partial charge < -0.3 is 14.8 Å². The smallest absolute Gasteiger partial charge is 0.128 e. The Morgan fingerprint density at radius 1 is 1.35 bits per heavy atom. The summed E-state index contributed by atoms with van der Waals surface area (Å²) in [6.07, 6.45) is 1.33. The molecule has 112 valence electrons. The van der Waals surface area contributed by atoms with Gasteiger partial charge in [0.15, 0.2) is 0 Å².